The number of methoxy groups -OCH3 is 1. The van der Waals surface area contributed by atoms with Crippen LogP contribution in [-0.4, -0.2) is 22.0 Å². The molecule has 1 saturated carbocycles. The molecule has 23 heavy (non-hydrogen) atoms. The van der Waals surface area contributed by atoms with Gasteiger partial charge < -0.3 is 14.3 Å². The summed E-state index contributed by atoms with van der Waals surface area (Å²) in [6.45, 7) is 5.91. The molecule has 0 amide bonds. The van der Waals surface area contributed by atoms with Crippen molar-refractivity contribution in [3.63, 3.8) is 0 Å². The predicted molar refractivity (Wildman–Crippen MR) is 88.1 cm³/mol. The Labute approximate surface area is 134 Å². The smallest absolute Gasteiger partial charge is 0.180 e. The summed E-state index contributed by atoms with van der Waals surface area (Å²) < 4.78 is 13.7. The maximum atomic E-state index is 10.6. The molecule has 1 aliphatic rings. The van der Waals surface area contributed by atoms with E-state index in [1.54, 1.807) is 13.3 Å². The lowest BCUT2D eigenvalue weighted by Crippen LogP contribution is -1.92. The van der Waals surface area contributed by atoms with Crippen LogP contribution in [0.4, 0.5) is 0 Å². The molecule has 1 N–H and O–H groups in total. The number of fused-ring (bicyclic) bond motifs is 1. The number of hydrogen-bond acceptors (Lipinski definition) is 4. The zero-order chi connectivity index (χ0) is 16.3. The minimum atomic E-state index is 0.226. The summed E-state index contributed by atoms with van der Waals surface area (Å²) in [6.07, 6.45) is 6.14. The van der Waals surface area contributed by atoms with E-state index in [1.165, 1.54) is 12.8 Å². The van der Waals surface area contributed by atoms with Crippen molar-refractivity contribution >= 4 is 11.0 Å². The molecular weight excluding hydrogens is 292 g/mol. The molecule has 5 heteroatoms. The van der Waals surface area contributed by atoms with E-state index in [4.69, 9.17) is 9.15 Å². The van der Waals surface area contributed by atoms with Crippen molar-refractivity contribution < 1.29 is 14.3 Å². The fourth-order valence-corrected chi connectivity index (χ4v) is 3.09. The summed E-state index contributed by atoms with van der Waals surface area (Å²) in [6, 6.07) is 0.513. The molecule has 0 aliphatic heterocycles. The molecule has 1 aromatic carbocycles. The van der Waals surface area contributed by atoms with Crippen LogP contribution >= 0.6 is 0 Å². The largest absolute Gasteiger partial charge is 0.507 e. The van der Waals surface area contributed by atoms with Gasteiger partial charge in [-0.15, -0.1) is 0 Å². The lowest BCUT2D eigenvalue weighted by atomic mass is 9.99. The van der Waals surface area contributed by atoms with E-state index in [0.717, 1.165) is 22.3 Å². The third-order valence-electron chi connectivity index (χ3n) is 4.91. The number of aromatic hydroxyl groups is 1. The first-order valence-corrected chi connectivity index (χ1v) is 7.86. The summed E-state index contributed by atoms with van der Waals surface area (Å²) in [5.41, 5.74) is 4.46. The normalized spacial score (nSPS) is 14.6. The molecule has 1 fully saturated rings. The quantitative estimate of drug-likeness (QED) is 0.784. The maximum Gasteiger partial charge on any atom is 0.180 e. The highest BCUT2D eigenvalue weighted by Gasteiger charge is 2.27. The first-order chi connectivity index (χ1) is 11.0. The Bertz CT molecular complexity index is 916. The molecule has 0 unspecified atom stereocenters. The fourth-order valence-electron chi connectivity index (χ4n) is 3.09. The molecule has 0 radical (unpaired) electrons. The van der Waals surface area contributed by atoms with Gasteiger partial charge in [-0.25, -0.2) is 0 Å². The van der Waals surface area contributed by atoms with Crippen LogP contribution in [0.1, 0.15) is 35.6 Å². The Kier molecular flexibility index (Phi) is 2.95. The Morgan fingerprint density at radius 1 is 1.22 bits per heavy atom. The molecule has 2 heterocycles. The topological polar surface area (TPSA) is 60.4 Å². The van der Waals surface area contributed by atoms with Gasteiger partial charge in [0.25, 0.3) is 0 Å². The van der Waals surface area contributed by atoms with E-state index in [9.17, 15) is 5.11 Å². The van der Waals surface area contributed by atoms with Gasteiger partial charge >= 0.3 is 0 Å². The average Bonchev–Trinajstić information content (AvgIpc) is 3.15. The van der Waals surface area contributed by atoms with Crippen LogP contribution in [-0.2, 0) is 0 Å². The highest BCUT2D eigenvalue weighted by atomic mass is 16.5. The van der Waals surface area contributed by atoms with E-state index in [0.29, 0.717) is 28.5 Å². The number of hydrogen-bond donors (Lipinski definition) is 1. The third-order valence-corrected chi connectivity index (χ3v) is 4.91. The van der Waals surface area contributed by atoms with Gasteiger partial charge in [0.2, 0.25) is 0 Å². The molecule has 0 atom stereocenters. The van der Waals surface area contributed by atoms with Crippen molar-refractivity contribution in [1.29, 1.82) is 0 Å². The molecule has 1 aliphatic carbocycles. The lowest BCUT2D eigenvalue weighted by molar-refractivity contribution is 0.411. The van der Waals surface area contributed by atoms with Crippen LogP contribution in [0, 0.1) is 20.8 Å². The van der Waals surface area contributed by atoms with Gasteiger partial charge in [-0.05, 0) is 50.3 Å². The standard InChI is InChI=1S/C18H20N2O3/c1-9-10(2)15(21)14-16(11(9)3)23-17(18(14)22-4)12-7-19-20(8-12)13-5-6-13/h7-8,13,21H,5-6H2,1-4H3. The first-order valence-electron chi connectivity index (χ1n) is 7.86. The Morgan fingerprint density at radius 2 is 1.96 bits per heavy atom. The second kappa shape index (κ2) is 4.78. The lowest BCUT2D eigenvalue weighted by Gasteiger charge is -2.08. The van der Waals surface area contributed by atoms with E-state index in [-0.39, 0.29) is 5.75 Å². The van der Waals surface area contributed by atoms with Gasteiger partial charge in [0.1, 0.15) is 16.7 Å². The Morgan fingerprint density at radius 3 is 2.61 bits per heavy atom. The Hall–Kier alpha value is -2.43. The van der Waals surface area contributed by atoms with Gasteiger partial charge in [-0.3, -0.25) is 4.68 Å². The van der Waals surface area contributed by atoms with Gasteiger partial charge in [0.15, 0.2) is 11.5 Å². The number of ether oxygens (including phenoxy) is 1. The molecule has 5 nitrogen and oxygen atoms in total. The van der Waals surface area contributed by atoms with Crippen LogP contribution in [0.5, 0.6) is 11.5 Å². The summed E-state index contributed by atoms with van der Waals surface area (Å²) in [5.74, 6) is 1.42. The maximum absolute atomic E-state index is 10.6. The van der Waals surface area contributed by atoms with E-state index in [1.807, 2.05) is 31.6 Å². The third kappa shape index (κ3) is 1.96. The van der Waals surface area contributed by atoms with Crippen molar-refractivity contribution in [2.45, 2.75) is 39.7 Å². The zero-order valence-corrected chi connectivity index (χ0v) is 13.8. The zero-order valence-electron chi connectivity index (χ0n) is 13.8. The number of aromatic nitrogens is 2. The Balaban J connectivity index is 1.99. The van der Waals surface area contributed by atoms with Gasteiger partial charge in [-0.1, -0.05) is 0 Å². The van der Waals surface area contributed by atoms with E-state index < -0.39 is 0 Å². The number of nitrogens with zero attached hydrogens (tertiary/aromatic N) is 2. The molecule has 120 valence electrons. The van der Waals surface area contributed by atoms with Gasteiger partial charge in [-0.2, -0.15) is 5.10 Å². The van der Waals surface area contributed by atoms with Crippen LogP contribution in [0.2, 0.25) is 0 Å². The second-order valence-electron chi connectivity index (χ2n) is 6.33. The summed E-state index contributed by atoms with van der Waals surface area (Å²) in [5, 5.41) is 15.6. The highest BCUT2D eigenvalue weighted by molar-refractivity contribution is 5.99. The molecule has 4 rings (SSSR count). The number of phenols is 1. The van der Waals surface area contributed by atoms with Crippen molar-refractivity contribution in [3.05, 3.63) is 29.1 Å². The number of aryl methyl sites for hydroxylation is 1. The molecule has 2 aromatic heterocycles. The monoisotopic (exact) mass is 312 g/mol. The summed E-state index contributed by atoms with van der Waals surface area (Å²) in [7, 11) is 1.60. The molecular formula is C18H20N2O3. The number of rotatable bonds is 3. The number of phenolic OH excluding ortho intramolecular Hbond substituents is 1. The summed E-state index contributed by atoms with van der Waals surface area (Å²) >= 11 is 0. The predicted octanol–water partition coefficient (Wildman–Crippen LogP) is 4.27. The fraction of sp³-hybridized carbons (Fsp3) is 0.389. The molecule has 0 saturated heterocycles. The average molecular weight is 312 g/mol. The molecule has 0 bridgehead atoms. The van der Waals surface area contributed by atoms with Crippen molar-refractivity contribution in [1.82, 2.24) is 9.78 Å². The van der Waals surface area contributed by atoms with E-state index in [2.05, 4.69) is 5.10 Å². The minimum absolute atomic E-state index is 0.226. The number of furan rings is 1. The number of benzene rings is 1. The molecule has 0 spiro atoms. The van der Waals surface area contributed by atoms with Crippen molar-refractivity contribution in [2.75, 3.05) is 7.11 Å². The van der Waals surface area contributed by atoms with Crippen LogP contribution in [0.15, 0.2) is 16.8 Å². The van der Waals surface area contributed by atoms with Gasteiger partial charge in [0, 0.05) is 6.20 Å². The second-order valence-corrected chi connectivity index (χ2v) is 6.33. The van der Waals surface area contributed by atoms with Crippen LogP contribution in [0.25, 0.3) is 22.3 Å². The van der Waals surface area contributed by atoms with Crippen LogP contribution < -0.4 is 4.74 Å². The summed E-state index contributed by atoms with van der Waals surface area (Å²) in [4.78, 5) is 0. The van der Waals surface area contributed by atoms with Crippen molar-refractivity contribution in [3.8, 4) is 22.8 Å². The van der Waals surface area contributed by atoms with Crippen LogP contribution in [0.3, 0.4) is 0 Å². The van der Waals surface area contributed by atoms with E-state index >= 15 is 0 Å². The van der Waals surface area contributed by atoms with Gasteiger partial charge in [0.05, 0.1) is 24.9 Å². The molecule has 3 aromatic rings. The SMILES string of the molecule is COc1c(-c2cnn(C3CC3)c2)oc2c(C)c(C)c(C)c(O)c12. The minimum Gasteiger partial charge on any atom is -0.507 e. The first kappa shape index (κ1) is 14.2. The van der Waals surface area contributed by atoms with Crippen molar-refractivity contribution in [2.24, 2.45) is 0 Å². The highest BCUT2D eigenvalue weighted by Crippen LogP contribution is 2.47.